The molecule has 0 aliphatic carbocycles. The van der Waals surface area contributed by atoms with E-state index in [2.05, 4.69) is 27.8 Å². The highest BCUT2D eigenvalue weighted by Gasteiger charge is 2.48. The molecule has 0 aromatic heterocycles. The van der Waals surface area contributed by atoms with Gasteiger partial charge in [-0.3, -0.25) is 10.1 Å². The predicted molar refractivity (Wildman–Crippen MR) is 109 cm³/mol. The van der Waals surface area contributed by atoms with E-state index in [9.17, 15) is 14.0 Å². The number of unbranched alkanes of at least 4 members (excludes halogenated alkanes) is 4. The number of nitrogens with one attached hydrogen (secondary N) is 2. The number of carbonyl (C=O) groups excluding carboxylic acids is 2. The van der Waals surface area contributed by atoms with Crippen LogP contribution in [0.15, 0.2) is 34.4 Å². The van der Waals surface area contributed by atoms with Gasteiger partial charge >= 0.3 is 6.03 Å². The van der Waals surface area contributed by atoms with E-state index in [4.69, 9.17) is 0 Å². The average Bonchev–Trinajstić information content (AvgIpc) is 3.07. The maximum absolute atomic E-state index is 13.0. The lowest BCUT2D eigenvalue weighted by Gasteiger charge is -2.36. The minimum atomic E-state index is -0.588. The van der Waals surface area contributed by atoms with Gasteiger partial charge < -0.3 is 9.80 Å². The Balaban J connectivity index is 1.70. The number of fused-ring (bicyclic) bond motifs is 1. The number of hydrogen-bond donors (Lipinski definition) is 2. The maximum atomic E-state index is 13.0. The Morgan fingerprint density at radius 1 is 1.21 bits per heavy atom. The van der Waals surface area contributed by atoms with E-state index in [1.54, 1.807) is 25.4 Å². The number of aliphatic imine (C=N–C) groups is 1. The Kier molecular flexibility index (Phi) is 6.79. The number of nitrogens with zero attached hydrogens (tertiary/aromatic N) is 4. The molecule has 2 aliphatic rings. The minimum Gasteiger partial charge on any atom is -0.326 e. The number of benzene rings is 1. The first-order chi connectivity index (χ1) is 14.0. The maximum Gasteiger partial charge on any atom is 0.325 e. The highest BCUT2D eigenvalue weighted by Crippen LogP contribution is 2.24. The molecule has 3 amide bonds. The van der Waals surface area contributed by atoms with Crippen molar-refractivity contribution >= 4 is 24.1 Å². The lowest BCUT2D eigenvalue weighted by atomic mass is 10.1. The van der Waals surface area contributed by atoms with Crippen LogP contribution >= 0.6 is 0 Å². The van der Waals surface area contributed by atoms with Crippen molar-refractivity contribution < 1.29 is 14.0 Å². The second kappa shape index (κ2) is 9.49. The van der Waals surface area contributed by atoms with Crippen LogP contribution in [0, 0.1) is 5.82 Å². The van der Waals surface area contributed by atoms with Crippen molar-refractivity contribution in [3.8, 4) is 0 Å². The molecule has 2 unspecified atom stereocenters. The van der Waals surface area contributed by atoms with Gasteiger partial charge in [0.15, 0.2) is 12.2 Å². The fourth-order valence-electron chi connectivity index (χ4n) is 3.46. The Morgan fingerprint density at radius 3 is 2.66 bits per heavy atom. The lowest BCUT2D eigenvalue weighted by molar-refractivity contribution is -0.127. The summed E-state index contributed by atoms with van der Waals surface area (Å²) < 4.78 is 13.0. The van der Waals surface area contributed by atoms with E-state index in [-0.39, 0.29) is 11.7 Å². The van der Waals surface area contributed by atoms with Crippen molar-refractivity contribution in [3.05, 3.63) is 35.6 Å². The highest BCUT2D eigenvalue weighted by atomic mass is 19.1. The van der Waals surface area contributed by atoms with Gasteiger partial charge in [-0.05, 0) is 24.1 Å². The van der Waals surface area contributed by atoms with Crippen molar-refractivity contribution in [1.82, 2.24) is 20.5 Å². The third-order valence-corrected chi connectivity index (χ3v) is 5.11. The van der Waals surface area contributed by atoms with Gasteiger partial charge in [0.05, 0.1) is 6.21 Å². The topological polar surface area (TPSA) is 89.4 Å². The van der Waals surface area contributed by atoms with Crippen LogP contribution in [0.1, 0.15) is 44.6 Å². The molecule has 1 aromatic rings. The summed E-state index contributed by atoms with van der Waals surface area (Å²) in [5.74, 6) is -0.215. The number of hydrazone groups is 1. The predicted octanol–water partition coefficient (Wildman–Crippen LogP) is 2.27. The minimum absolute atomic E-state index is 0.313. The smallest absolute Gasteiger partial charge is 0.325 e. The number of amides is 3. The molecule has 1 fully saturated rings. The second-order valence-corrected chi connectivity index (χ2v) is 7.25. The van der Waals surface area contributed by atoms with Crippen LogP contribution in [-0.4, -0.2) is 59.7 Å². The summed E-state index contributed by atoms with van der Waals surface area (Å²) in [6.45, 7) is 2.80. The molecule has 8 nitrogen and oxygen atoms in total. The molecule has 2 aliphatic heterocycles. The monoisotopic (exact) mass is 402 g/mol. The van der Waals surface area contributed by atoms with E-state index in [0.29, 0.717) is 12.5 Å². The molecular formula is C20H27FN6O2. The van der Waals surface area contributed by atoms with Crippen LogP contribution in [-0.2, 0) is 4.79 Å². The zero-order chi connectivity index (χ0) is 20.8. The van der Waals surface area contributed by atoms with Crippen molar-refractivity contribution in [1.29, 1.82) is 0 Å². The fraction of sp³-hybridized carbons (Fsp3) is 0.500. The lowest BCUT2D eigenvalue weighted by Crippen LogP contribution is -2.64. The van der Waals surface area contributed by atoms with E-state index < -0.39 is 18.2 Å². The van der Waals surface area contributed by atoms with Gasteiger partial charge in [-0.1, -0.05) is 44.7 Å². The van der Waals surface area contributed by atoms with Gasteiger partial charge in [-0.15, -0.1) is 0 Å². The van der Waals surface area contributed by atoms with Gasteiger partial charge in [0.1, 0.15) is 5.82 Å². The first kappa shape index (κ1) is 20.8. The van der Waals surface area contributed by atoms with Crippen LogP contribution in [0.25, 0.3) is 0 Å². The van der Waals surface area contributed by atoms with Crippen molar-refractivity contribution in [2.75, 3.05) is 13.6 Å². The molecule has 0 bridgehead atoms. The zero-order valence-electron chi connectivity index (χ0n) is 16.8. The summed E-state index contributed by atoms with van der Waals surface area (Å²) in [5, 5.41) is 6.56. The Bertz CT molecular complexity index is 795. The summed E-state index contributed by atoms with van der Waals surface area (Å²) in [7, 11) is 1.62. The van der Waals surface area contributed by atoms with E-state index in [1.807, 2.05) is 4.90 Å². The van der Waals surface area contributed by atoms with E-state index in [1.165, 1.54) is 23.5 Å². The van der Waals surface area contributed by atoms with Gasteiger partial charge in [0, 0.05) is 13.6 Å². The number of halogens is 1. The number of hydrogen-bond acceptors (Lipinski definition) is 6. The summed E-state index contributed by atoms with van der Waals surface area (Å²) in [4.78, 5) is 32.3. The van der Waals surface area contributed by atoms with Gasteiger partial charge in [0.25, 0.3) is 5.91 Å². The normalized spacial score (nSPS) is 21.4. The Labute approximate surface area is 169 Å². The second-order valence-electron chi connectivity index (χ2n) is 7.25. The fourth-order valence-corrected chi connectivity index (χ4v) is 3.46. The third kappa shape index (κ3) is 4.90. The van der Waals surface area contributed by atoms with Crippen molar-refractivity contribution in [3.63, 3.8) is 0 Å². The number of rotatable bonds is 8. The molecule has 0 spiro atoms. The number of urea groups is 1. The van der Waals surface area contributed by atoms with E-state index >= 15 is 0 Å². The van der Waals surface area contributed by atoms with Crippen LogP contribution in [0.2, 0.25) is 0 Å². The largest absolute Gasteiger partial charge is 0.326 e. The van der Waals surface area contributed by atoms with Crippen LogP contribution in [0.4, 0.5) is 9.18 Å². The molecule has 1 saturated heterocycles. The molecule has 29 heavy (non-hydrogen) atoms. The summed E-state index contributed by atoms with van der Waals surface area (Å²) in [5.41, 5.74) is 3.62. The molecule has 0 saturated carbocycles. The van der Waals surface area contributed by atoms with Gasteiger partial charge in [-0.2, -0.15) is 5.10 Å². The molecule has 1 aromatic carbocycles. The van der Waals surface area contributed by atoms with Crippen molar-refractivity contribution in [2.24, 2.45) is 10.1 Å². The number of carbonyl (C=O) groups is 2. The first-order valence-electron chi connectivity index (χ1n) is 9.98. The van der Waals surface area contributed by atoms with Crippen LogP contribution < -0.4 is 10.7 Å². The molecule has 156 valence electrons. The van der Waals surface area contributed by atoms with Crippen LogP contribution in [0.3, 0.4) is 0 Å². The number of guanidine groups is 1. The molecule has 3 rings (SSSR count). The first-order valence-corrected chi connectivity index (χ1v) is 9.98. The molecular weight excluding hydrogens is 375 g/mol. The Hall–Kier alpha value is -2.97. The van der Waals surface area contributed by atoms with Crippen molar-refractivity contribution in [2.45, 2.75) is 51.2 Å². The number of imide groups is 1. The standard InChI is InChI=1S/C20H27FN6O2/c1-3-4-5-6-7-12-27-16-17(26(2)20(29)24-18(16)28)23-19(27)25-22-13-14-8-10-15(21)11-9-14/h8-11,13,16-17H,3-7,12H2,1-2H3,(H,23,25)(H,24,28,29)/b22-13+. The molecule has 2 N–H and O–H groups in total. The molecule has 9 heteroatoms. The highest BCUT2D eigenvalue weighted by molar-refractivity contribution is 6.03. The summed E-state index contributed by atoms with van der Waals surface area (Å²) in [6.07, 6.45) is 6.43. The molecule has 2 heterocycles. The SMILES string of the molecule is CCCCCCCN1C(N/N=C/c2ccc(F)cc2)=NC2C1C(=O)NC(=O)N2C. The number of likely N-dealkylation sites (N-methyl/N-ethyl adjacent to an activating group) is 1. The molecule has 2 atom stereocenters. The summed E-state index contributed by atoms with van der Waals surface area (Å²) in [6, 6.07) is 4.91. The Morgan fingerprint density at radius 2 is 1.93 bits per heavy atom. The molecule has 0 radical (unpaired) electrons. The third-order valence-electron chi connectivity index (χ3n) is 5.11. The average molecular weight is 402 g/mol. The van der Waals surface area contributed by atoms with Gasteiger partial charge in [-0.25, -0.2) is 19.6 Å². The quantitative estimate of drug-likeness (QED) is 0.397. The van der Waals surface area contributed by atoms with Crippen LogP contribution in [0.5, 0.6) is 0 Å². The van der Waals surface area contributed by atoms with Gasteiger partial charge in [0.2, 0.25) is 5.96 Å². The summed E-state index contributed by atoms with van der Waals surface area (Å²) >= 11 is 0. The van der Waals surface area contributed by atoms with E-state index in [0.717, 1.165) is 31.2 Å². The zero-order valence-corrected chi connectivity index (χ0v) is 16.8.